The first-order valence-corrected chi connectivity index (χ1v) is 14.9. The molecule has 0 saturated heterocycles. The zero-order valence-corrected chi connectivity index (χ0v) is 26.1. The molecule has 0 atom stereocenters. The molecular formula is C35H30N6O9. The Labute approximate surface area is 284 Å². The molecule has 0 bridgehead atoms. The molecule has 5 N–H and O–H groups in total. The van der Waals surface area contributed by atoms with Crippen LogP contribution in [-0.4, -0.2) is 57.8 Å². The van der Waals surface area contributed by atoms with Gasteiger partial charge in [-0.25, -0.2) is 0 Å². The molecule has 0 saturated carbocycles. The number of aliphatic hydroxyl groups is 1. The molecule has 0 unspecified atom stereocenters. The second-order valence-corrected chi connectivity index (χ2v) is 10.5. The second kappa shape index (κ2) is 17.2. The van der Waals surface area contributed by atoms with E-state index < -0.39 is 39.6 Å². The molecule has 254 valence electrons. The molecule has 4 aromatic rings. The Balaban J connectivity index is 1.44. The first-order chi connectivity index (χ1) is 24.0. The van der Waals surface area contributed by atoms with Gasteiger partial charge in [-0.05, 0) is 71.8 Å². The van der Waals surface area contributed by atoms with Gasteiger partial charge in [-0.3, -0.25) is 39.4 Å². The van der Waals surface area contributed by atoms with E-state index in [4.69, 9.17) is 0 Å². The fourth-order valence-electron chi connectivity index (χ4n) is 4.29. The topological polar surface area (TPSA) is 223 Å². The molecule has 0 aliphatic carbocycles. The van der Waals surface area contributed by atoms with Gasteiger partial charge < -0.3 is 26.4 Å². The maximum atomic E-state index is 13.2. The zero-order chi connectivity index (χ0) is 36.0. The number of carbonyl (C=O) groups is 4. The van der Waals surface area contributed by atoms with E-state index >= 15 is 0 Å². The van der Waals surface area contributed by atoms with Crippen LogP contribution in [0.1, 0.15) is 31.8 Å². The third kappa shape index (κ3) is 10.5. The van der Waals surface area contributed by atoms with E-state index in [0.717, 1.165) is 0 Å². The molecule has 0 heterocycles. The van der Waals surface area contributed by atoms with Crippen LogP contribution in [0.25, 0.3) is 12.2 Å². The Bertz CT molecular complexity index is 1790. The third-order valence-electron chi connectivity index (χ3n) is 6.88. The van der Waals surface area contributed by atoms with Crippen molar-refractivity contribution in [3.05, 3.63) is 163 Å². The number of hydrogen-bond acceptors (Lipinski definition) is 9. The quantitative estimate of drug-likeness (QED) is 0.0748. The Morgan fingerprint density at radius 1 is 0.580 bits per heavy atom. The number of hydrogen-bond donors (Lipinski definition) is 5. The van der Waals surface area contributed by atoms with E-state index in [1.807, 2.05) is 0 Å². The summed E-state index contributed by atoms with van der Waals surface area (Å²) in [6.07, 6.45) is 1.27. The summed E-state index contributed by atoms with van der Waals surface area (Å²) in [7, 11) is 0. The van der Waals surface area contributed by atoms with Crippen LogP contribution in [0, 0.1) is 20.2 Å². The summed E-state index contributed by atoms with van der Waals surface area (Å²) >= 11 is 0. The first kappa shape index (κ1) is 35.8. The number of aliphatic hydroxyl groups excluding tert-OH is 1. The maximum Gasteiger partial charge on any atom is 0.269 e. The summed E-state index contributed by atoms with van der Waals surface area (Å²) < 4.78 is 0. The van der Waals surface area contributed by atoms with Crippen LogP contribution in [0.5, 0.6) is 0 Å². The van der Waals surface area contributed by atoms with Crippen LogP contribution in [0.15, 0.2) is 121 Å². The van der Waals surface area contributed by atoms with Gasteiger partial charge in [-0.15, -0.1) is 0 Å². The van der Waals surface area contributed by atoms with E-state index in [1.165, 1.54) is 84.9 Å². The van der Waals surface area contributed by atoms with Gasteiger partial charge in [0.15, 0.2) is 0 Å². The fraction of sp³-hybridized carbons (Fsp3) is 0.0857. The van der Waals surface area contributed by atoms with Gasteiger partial charge in [0.1, 0.15) is 11.4 Å². The summed E-state index contributed by atoms with van der Waals surface area (Å²) in [5, 5.41) is 42.6. The predicted octanol–water partition coefficient (Wildman–Crippen LogP) is 3.34. The highest BCUT2D eigenvalue weighted by atomic mass is 16.6. The Morgan fingerprint density at radius 3 is 1.24 bits per heavy atom. The van der Waals surface area contributed by atoms with Crippen molar-refractivity contribution in [2.24, 2.45) is 0 Å². The van der Waals surface area contributed by atoms with Gasteiger partial charge in [0.25, 0.3) is 35.0 Å². The number of non-ortho nitro benzene ring substituents is 2. The van der Waals surface area contributed by atoms with Crippen molar-refractivity contribution in [2.75, 3.05) is 13.1 Å². The van der Waals surface area contributed by atoms with Gasteiger partial charge in [0, 0.05) is 48.5 Å². The van der Waals surface area contributed by atoms with Crippen LogP contribution in [0.2, 0.25) is 0 Å². The molecular weight excluding hydrogens is 648 g/mol. The molecule has 4 amide bonds. The number of benzene rings is 4. The van der Waals surface area contributed by atoms with Gasteiger partial charge >= 0.3 is 0 Å². The Kier molecular flexibility index (Phi) is 12.4. The normalized spacial score (nSPS) is 11.3. The molecule has 0 aliphatic heterocycles. The highest BCUT2D eigenvalue weighted by Crippen LogP contribution is 2.16. The standard InChI is InChI=1S/C35H30N6O9/c42-29(21-36-34(45)30(38-32(43)25-7-3-1-4-8-25)19-23-11-15-27(16-12-23)40(47)48)22-37-35(46)31(39-33(44)26-9-5-2-6-10-26)20-24-13-17-28(18-14-24)41(49)50/h1-20,29,42H,21-22H2,(H,36,45)(H,37,46)(H,38,43)(H,39,44)/b30-19+,31-20+. The third-order valence-corrected chi connectivity index (χ3v) is 6.88. The van der Waals surface area contributed by atoms with Crippen molar-refractivity contribution in [3.8, 4) is 0 Å². The smallest absolute Gasteiger partial charge is 0.269 e. The number of nitrogens with one attached hydrogen (secondary N) is 4. The summed E-state index contributed by atoms with van der Waals surface area (Å²) in [6.45, 7) is -0.759. The van der Waals surface area contributed by atoms with Gasteiger partial charge in [-0.2, -0.15) is 0 Å². The van der Waals surface area contributed by atoms with E-state index in [2.05, 4.69) is 21.3 Å². The monoisotopic (exact) mass is 678 g/mol. The van der Waals surface area contributed by atoms with Gasteiger partial charge in [0.2, 0.25) is 0 Å². The number of rotatable bonds is 14. The lowest BCUT2D eigenvalue weighted by Gasteiger charge is -2.16. The predicted molar refractivity (Wildman–Crippen MR) is 182 cm³/mol. The first-order valence-electron chi connectivity index (χ1n) is 14.9. The van der Waals surface area contributed by atoms with E-state index in [0.29, 0.717) is 11.1 Å². The van der Waals surface area contributed by atoms with Crippen LogP contribution < -0.4 is 21.3 Å². The second-order valence-electron chi connectivity index (χ2n) is 10.5. The number of carbonyl (C=O) groups excluding carboxylic acids is 4. The number of nitro benzene ring substituents is 2. The van der Waals surface area contributed by atoms with Crippen molar-refractivity contribution in [1.29, 1.82) is 0 Å². The van der Waals surface area contributed by atoms with E-state index in [1.54, 1.807) is 36.4 Å². The molecule has 4 aromatic carbocycles. The Morgan fingerprint density at radius 2 is 0.920 bits per heavy atom. The van der Waals surface area contributed by atoms with Crippen LogP contribution in [0.3, 0.4) is 0 Å². The van der Waals surface area contributed by atoms with Crippen LogP contribution in [0.4, 0.5) is 11.4 Å². The van der Waals surface area contributed by atoms with Gasteiger partial charge in [-0.1, -0.05) is 36.4 Å². The number of amides is 4. The van der Waals surface area contributed by atoms with Gasteiger partial charge in [0.05, 0.1) is 16.0 Å². The maximum absolute atomic E-state index is 13.2. The highest BCUT2D eigenvalue weighted by Gasteiger charge is 2.19. The Hall–Kier alpha value is -7.00. The largest absolute Gasteiger partial charge is 0.389 e. The summed E-state index contributed by atoms with van der Waals surface area (Å²) in [6, 6.07) is 26.6. The van der Waals surface area contributed by atoms with Crippen LogP contribution in [-0.2, 0) is 9.59 Å². The summed E-state index contributed by atoms with van der Waals surface area (Å²) in [5.41, 5.74) is 0.471. The highest BCUT2D eigenvalue weighted by molar-refractivity contribution is 6.06. The molecule has 0 radical (unpaired) electrons. The molecule has 0 aliphatic rings. The summed E-state index contributed by atoms with van der Waals surface area (Å²) in [5.74, 6) is -2.81. The summed E-state index contributed by atoms with van der Waals surface area (Å²) in [4.78, 5) is 72.9. The molecule has 50 heavy (non-hydrogen) atoms. The lowest BCUT2D eigenvalue weighted by molar-refractivity contribution is -0.385. The molecule has 15 nitrogen and oxygen atoms in total. The molecule has 0 fully saturated rings. The zero-order valence-electron chi connectivity index (χ0n) is 26.1. The van der Waals surface area contributed by atoms with Crippen molar-refractivity contribution in [2.45, 2.75) is 6.10 Å². The molecule has 4 rings (SSSR count). The minimum absolute atomic E-state index is 0.169. The average Bonchev–Trinajstić information content (AvgIpc) is 3.13. The minimum atomic E-state index is -1.33. The number of nitrogens with zero attached hydrogens (tertiary/aromatic N) is 2. The lowest BCUT2D eigenvalue weighted by atomic mass is 10.1. The van der Waals surface area contributed by atoms with Crippen molar-refractivity contribution in [3.63, 3.8) is 0 Å². The SMILES string of the molecule is O=C(NCC(O)CNC(=O)/C(=C\c1ccc([N+](=O)[O-])cc1)NC(=O)c1ccccc1)/C(=C\c1ccc([N+](=O)[O-])cc1)NC(=O)c1ccccc1. The van der Waals surface area contributed by atoms with Crippen molar-refractivity contribution in [1.82, 2.24) is 21.3 Å². The van der Waals surface area contributed by atoms with Crippen LogP contribution >= 0.6 is 0 Å². The molecule has 0 spiro atoms. The number of nitro groups is 2. The minimum Gasteiger partial charge on any atom is -0.389 e. The van der Waals surface area contributed by atoms with E-state index in [9.17, 15) is 44.5 Å². The van der Waals surface area contributed by atoms with E-state index in [-0.39, 0.29) is 47.0 Å². The van der Waals surface area contributed by atoms with Crippen molar-refractivity contribution >= 4 is 47.2 Å². The molecule has 15 heteroatoms. The van der Waals surface area contributed by atoms with Crippen molar-refractivity contribution < 1.29 is 34.1 Å². The molecule has 0 aromatic heterocycles. The lowest BCUT2D eigenvalue weighted by Crippen LogP contribution is -2.43. The fourth-order valence-corrected chi connectivity index (χ4v) is 4.29. The average molecular weight is 679 g/mol.